The summed E-state index contributed by atoms with van der Waals surface area (Å²) in [6.45, 7) is 0. The van der Waals surface area contributed by atoms with Crippen molar-refractivity contribution < 1.29 is 9.63 Å². The molecule has 0 bridgehead atoms. The quantitative estimate of drug-likeness (QED) is 0.485. The molecule has 0 N–H and O–H groups in total. The molecule has 54 valence electrons. The van der Waals surface area contributed by atoms with Gasteiger partial charge in [-0.2, -0.15) is 11.8 Å². The van der Waals surface area contributed by atoms with Gasteiger partial charge in [0, 0.05) is 5.75 Å². The van der Waals surface area contributed by atoms with Crippen molar-refractivity contribution in [2.45, 2.75) is 6.42 Å². The SMILES string of the molecule is O=C1ON=C2CCSCC12. The van der Waals surface area contributed by atoms with Gasteiger partial charge >= 0.3 is 5.97 Å². The van der Waals surface area contributed by atoms with E-state index in [1.54, 1.807) is 11.8 Å². The maximum Gasteiger partial charge on any atom is 0.344 e. The fourth-order valence-corrected chi connectivity index (χ4v) is 2.21. The van der Waals surface area contributed by atoms with Gasteiger partial charge in [-0.05, 0) is 12.2 Å². The molecule has 2 aliphatic rings. The van der Waals surface area contributed by atoms with Crippen molar-refractivity contribution in [2.24, 2.45) is 11.1 Å². The first kappa shape index (κ1) is 6.22. The van der Waals surface area contributed by atoms with Crippen LogP contribution in [0.4, 0.5) is 0 Å². The first-order chi connectivity index (χ1) is 4.88. The van der Waals surface area contributed by atoms with Gasteiger partial charge in [0.25, 0.3) is 0 Å². The molecule has 0 aromatic heterocycles. The molecule has 2 aliphatic heterocycles. The van der Waals surface area contributed by atoms with Crippen LogP contribution in [0, 0.1) is 5.92 Å². The van der Waals surface area contributed by atoms with Crippen molar-refractivity contribution in [1.82, 2.24) is 0 Å². The van der Waals surface area contributed by atoms with Crippen LogP contribution in [0.1, 0.15) is 6.42 Å². The largest absolute Gasteiger partial charge is 0.344 e. The van der Waals surface area contributed by atoms with E-state index < -0.39 is 0 Å². The lowest BCUT2D eigenvalue weighted by atomic mass is 10.0. The number of carbonyl (C=O) groups excluding carboxylic acids is 1. The highest BCUT2D eigenvalue weighted by Crippen LogP contribution is 2.25. The zero-order valence-electron chi connectivity index (χ0n) is 5.37. The van der Waals surface area contributed by atoms with Crippen molar-refractivity contribution in [3.8, 4) is 0 Å². The molecule has 0 aromatic rings. The molecule has 1 saturated heterocycles. The molecule has 0 saturated carbocycles. The van der Waals surface area contributed by atoms with Gasteiger partial charge in [-0.3, -0.25) is 0 Å². The normalized spacial score (nSPS) is 31.0. The van der Waals surface area contributed by atoms with E-state index in [2.05, 4.69) is 9.99 Å². The van der Waals surface area contributed by atoms with Gasteiger partial charge in [0.2, 0.25) is 0 Å². The van der Waals surface area contributed by atoms with Crippen LogP contribution in [0.3, 0.4) is 0 Å². The summed E-state index contributed by atoms with van der Waals surface area (Å²) in [6.07, 6.45) is 0.918. The number of carbonyl (C=O) groups is 1. The number of fused-ring (bicyclic) bond motifs is 1. The summed E-state index contributed by atoms with van der Waals surface area (Å²) >= 11 is 1.79. The second-order valence-electron chi connectivity index (χ2n) is 2.37. The van der Waals surface area contributed by atoms with Gasteiger partial charge in [-0.25, -0.2) is 4.79 Å². The minimum atomic E-state index is -0.165. The third-order valence-corrected chi connectivity index (χ3v) is 2.79. The monoisotopic (exact) mass is 157 g/mol. The van der Waals surface area contributed by atoms with Crippen molar-refractivity contribution in [2.75, 3.05) is 11.5 Å². The Bertz CT molecular complexity index is 202. The summed E-state index contributed by atoms with van der Waals surface area (Å²) in [6, 6.07) is 0. The minimum Gasteiger partial charge on any atom is -0.318 e. The first-order valence-electron chi connectivity index (χ1n) is 3.23. The summed E-state index contributed by atoms with van der Waals surface area (Å²) in [7, 11) is 0. The maximum atomic E-state index is 10.9. The van der Waals surface area contributed by atoms with E-state index in [-0.39, 0.29) is 11.9 Å². The lowest BCUT2D eigenvalue weighted by Crippen LogP contribution is -2.25. The Labute approximate surface area is 62.8 Å². The third kappa shape index (κ3) is 0.831. The van der Waals surface area contributed by atoms with Crippen LogP contribution in [0.2, 0.25) is 0 Å². The van der Waals surface area contributed by atoms with E-state index in [4.69, 9.17) is 0 Å². The van der Waals surface area contributed by atoms with Crippen molar-refractivity contribution >= 4 is 23.4 Å². The number of oxime groups is 1. The molecular formula is C6H7NO2S. The van der Waals surface area contributed by atoms with Gasteiger partial charge in [0.05, 0.1) is 5.71 Å². The van der Waals surface area contributed by atoms with Crippen LogP contribution in [0.25, 0.3) is 0 Å². The Morgan fingerprint density at radius 3 is 3.40 bits per heavy atom. The summed E-state index contributed by atoms with van der Waals surface area (Å²) in [5.74, 6) is 1.75. The fraction of sp³-hybridized carbons (Fsp3) is 0.667. The Balaban J connectivity index is 2.18. The molecule has 0 radical (unpaired) electrons. The van der Waals surface area contributed by atoms with E-state index >= 15 is 0 Å². The maximum absolute atomic E-state index is 10.9. The summed E-state index contributed by atoms with van der Waals surface area (Å²) in [5.41, 5.74) is 0.948. The highest BCUT2D eigenvalue weighted by molar-refractivity contribution is 7.99. The van der Waals surface area contributed by atoms with Crippen molar-refractivity contribution in [3.63, 3.8) is 0 Å². The minimum absolute atomic E-state index is 0.0150. The molecule has 3 nitrogen and oxygen atoms in total. The standard InChI is InChI=1S/C6H7NO2S/c8-6-4-3-10-2-1-5(4)7-9-6/h4H,1-3H2. The smallest absolute Gasteiger partial charge is 0.318 e. The zero-order valence-corrected chi connectivity index (χ0v) is 6.19. The van der Waals surface area contributed by atoms with Gasteiger partial charge < -0.3 is 4.84 Å². The second-order valence-corrected chi connectivity index (χ2v) is 3.52. The molecule has 1 unspecified atom stereocenters. The Morgan fingerprint density at radius 2 is 2.60 bits per heavy atom. The lowest BCUT2D eigenvalue weighted by Gasteiger charge is -2.13. The van der Waals surface area contributed by atoms with Crippen molar-refractivity contribution in [3.05, 3.63) is 0 Å². The molecule has 0 spiro atoms. The average Bonchev–Trinajstić information content (AvgIpc) is 2.34. The van der Waals surface area contributed by atoms with Crippen LogP contribution >= 0.6 is 11.8 Å². The van der Waals surface area contributed by atoms with E-state index in [9.17, 15) is 4.79 Å². The molecule has 1 fully saturated rings. The van der Waals surface area contributed by atoms with Gasteiger partial charge in [0.1, 0.15) is 5.92 Å². The van der Waals surface area contributed by atoms with Crippen LogP contribution < -0.4 is 0 Å². The molecule has 0 aliphatic carbocycles. The molecular weight excluding hydrogens is 150 g/mol. The summed E-state index contributed by atoms with van der Waals surface area (Å²) < 4.78 is 0. The number of hydrogen-bond donors (Lipinski definition) is 0. The molecule has 0 amide bonds. The van der Waals surface area contributed by atoms with Crippen LogP contribution in [0.15, 0.2) is 5.16 Å². The van der Waals surface area contributed by atoms with Crippen LogP contribution in [-0.4, -0.2) is 23.2 Å². The first-order valence-corrected chi connectivity index (χ1v) is 4.39. The topological polar surface area (TPSA) is 38.7 Å². The molecule has 2 heterocycles. The number of rotatable bonds is 0. The predicted molar refractivity (Wildman–Crippen MR) is 39.0 cm³/mol. The number of thioether (sulfide) groups is 1. The Hall–Kier alpha value is -0.510. The van der Waals surface area contributed by atoms with Crippen molar-refractivity contribution in [1.29, 1.82) is 0 Å². The highest BCUT2D eigenvalue weighted by atomic mass is 32.2. The molecule has 0 aromatic carbocycles. The van der Waals surface area contributed by atoms with E-state index in [0.717, 1.165) is 23.6 Å². The second kappa shape index (κ2) is 2.27. The van der Waals surface area contributed by atoms with Gasteiger partial charge in [0.15, 0.2) is 0 Å². The molecule has 1 atom stereocenters. The molecule has 4 heteroatoms. The zero-order chi connectivity index (χ0) is 6.97. The Kier molecular flexibility index (Phi) is 1.41. The van der Waals surface area contributed by atoms with E-state index in [1.165, 1.54) is 0 Å². The van der Waals surface area contributed by atoms with Gasteiger partial charge in [-0.15, -0.1) is 0 Å². The van der Waals surface area contributed by atoms with E-state index in [1.807, 2.05) is 0 Å². The third-order valence-electron chi connectivity index (χ3n) is 1.73. The van der Waals surface area contributed by atoms with Gasteiger partial charge in [-0.1, -0.05) is 5.16 Å². The lowest BCUT2D eigenvalue weighted by molar-refractivity contribution is -0.142. The summed E-state index contributed by atoms with van der Waals surface area (Å²) in [5, 5.41) is 3.69. The fourth-order valence-electron chi connectivity index (χ4n) is 1.13. The number of hydrogen-bond acceptors (Lipinski definition) is 4. The van der Waals surface area contributed by atoms with E-state index in [0.29, 0.717) is 0 Å². The molecule has 10 heavy (non-hydrogen) atoms. The van der Waals surface area contributed by atoms with Crippen LogP contribution in [-0.2, 0) is 9.63 Å². The summed E-state index contributed by atoms with van der Waals surface area (Å²) in [4.78, 5) is 15.4. The molecule has 2 rings (SSSR count). The van der Waals surface area contributed by atoms with Crippen LogP contribution in [0.5, 0.6) is 0 Å². The average molecular weight is 157 g/mol. The highest BCUT2D eigenvalue weighted by Gasteiger charge is 2.34. The number of nitrogens with zero attached hydrogens (tertiary/aromatic N) is 1. The predicted octanol–water partition coefficient (Wildman–Crippen LogP) is 0.652. The Morgan fingerprint density at radius 1 is 1.70 bits per heavy atom.